The lowest BCUT2D eigenvalue weighted by atomic mass is 10.1. The molecule has 22 heavy (non-hydrogen) atoms. The van der Waals surface area contributed by atoms with Crippen LogP contribution in [0.4, 0.5) is 10.5 Å². The summed E-state index contributed by atoms with van der Waals surface area (Å²) in [5.41, 5.74) is 0.293. The van der Waals surface area contributed by atoms with Crippen molar-refractivity contribution in [1.29, 1.82) is 0 Å². The fraction of sp³-hybridized carbons (Fsp3) is 0.600. The van der Waals surface area contributed by atoms with Gasteiger partial charge in [-0.3, -0.25) is 0 Å². The van der Waals surface area contributed by atoms with Crippen LogP contribution in [0.3, 0.4) is 0 Å². The lowest BCUT2D eigenvalue weighted by molar-refractivity contribution is 0.0206. The van der Waals surface area contributed by atoms with Crippen molar-refractivity contribution in [3.05, 3.63) is 21.9 Å². The van der Waals surface area contributed by atoms with E-state index in [0.717, 1.165) is 29.5 Å². The summed E-state index contributed by atoms with van der Waals surface area (Å²) >= 11 is 9.49. The number of halogens is 2. The van der Waals surface area contributed by atoms with E-state index >= 15 is 0 Å². The van der Waals surface area contributed by atoms with Crippen LogP contribution in [0, 0.1) is 0 Å². The molecular weight excluding hydrogens is 370 g/mol. The van der Waals surface area contributed by atoms with Crippen LogP contribution in [0.25, 0.3) is 0 Å². The molecule has 1 aromatic heterocycles. The van der Waals surface area contributed by atoms with E-state index in [2.05, 4.69) is 26.2 Å². The molecule has 1 saturated heterocycles. The third-order valence-electron chi connectivity index (χ3n) is 3.24. The Morgan fingerprint density at radius 2 is 2.27 bits per heavy atom. The summed E-state index contributed by atoms with van der Waals surface area (Å²) in [6.45, 7) is 6.93. The molecule has 0 radical (unpaired) electrons. The zero-order valence-corrected chi connectivity index (χ0v) is 15.4. The molecule has 0 spiro atoms. The monoisotopic (exact) mass is 389 g/mol. The molecule has 1 fully saturated rings. The Bertz CT molecular complexity index is 548. The molecule has 122 valence electrons. The average Bonchev–Trinajstić information content (AvgIpc) is 2.41. The van der Waals surface area contributed by atoms with Crippen LogP contribution in [0.5, 0.6) is 0 Å². The summed E-state index contributed by atoms with van der Waals surface area (Å²) in [5, 5.41) is 3.79. The van der Waals surface area contributed by atoms with Gasteiger partial charge in [0.25, 0.3) is 0 Å². The topological polar surface area (TPSA) is 54.5 Å². The van der Waals surface area contributed by atoms with E-state index in [1.54, 1.807) is 11.1 Å². The van der Waals surface area contributed by atoms with E-state index in [-0.39, 0.29) is 12.1 Å². The lowest BCUT2D eigenvalue weighted by Gasteiger charge is -2.34. The highest BCUT2D eigenvalue weighted by Gasteiger charge is 2.27. The van der Waals surface area contributed by atoms with Gasteiger partial charge in [0.15, 0.2) is 5.15 Å². The Kier molecular flexibility index (Phi) is 5.55. The van der Waals surface area contributed by atoms with Gasteiger partial charge in [-0.15, -0.1) is 0 Å². The number of aromatic nitrogens is 1. The van der Waals surface area contributed by atoms with Gasteiger partial charge in [0.05, 0.1) is 5.69 Å². The number of nitrogens with one attached hydrogen (secondary N) is 1. The summed E-state index contributed by atoms with van der Waals surface area (Å²) in [4.78, 5) is 18.0. The van der Waals surface area contributed by atoms with Crippen LogP contribution < -0.4 is 5.32 Å². The van der Waals surface area contributed by atoms with Crippen molar-refractivity contribution in [3.63, 3.8) is 0 Å². The van der Waals surface area contributed by atoms with Crippen LogP contribution >= 0.6 is 27.5 Å². The van der Waals surface area contributed by atoms with Crippen molar-refractivity contribution in [2.75, 3.05) is 18.4 Å². The second kappa shape index (κ2) is 7.04. The highest BCUT2D eigenvalue weighted by Crippen LogP contribution is 2.25. The number of likely N-dealkylation sites (tertiary alicyclic amines) is 1. The summed E-state index contributed by atoms with van der Waals surface area (Å²) < 4.78 is 6.29. The van der Waals surface area contributed by atoms with Crippen molar-refractivity contribution >= 4 is 39.3 Å². The highest BCUT2D eigenvalue weighted by atomic mass is 79.9. The van der Waals surface area contributed by atoms with E-state index in [1.807, 2.05) is 26.8 Å². The molecule has 1 unspecified atom stereocenters. The summed E-state index contributed by atoms with van der Waals surface area (Å²) in [7, 11) is 0. The molecule has 7 heteroatoms. The van der Waals surface area contributed by atoms with Crippen molar-refractivity contribution in [2.24, 2.45) is 0 Å². The second-order valence-corrected chi connectivity index (χ2v) is 7.68. The third-order valence-corrected chi connectivity index (χ3v) is 3.97. The summed E-state index contributed by atoms with van der Waals surface area (Å²) in [6, 6.07) is 2.02. The minimum atomic E-state index is -0.477. The Balaban J connectivity index is 1.98. The number of hydrogen-bond acceptors (Lipinski definition) is 4. The molecule has 1 aliphatic heterocycles. The fourth-order valence-electron chi connectivity index (χ4n) is 2.33. The Hall–Kier alpha value is -1.01. The molecule has 1 atom stereocenters. The molecule has 0 aliphatic carbocycles. The standard InChI is InChI=1S/C15H21BrClN3O2/c1-15(2,3)22-14(21)20-6-4-5-11(9-20)19-12-7-10(16)8-18-13(12)17/h7-8,11,19H,4-6,9H2,1-3H3. The number of nitrogens with zero attached hydrogens (tertiary/aromatic N) is 2. The number of hydrogen-bond donors (Lipinski definition) is 1. The van der Waals surface area contributed by atoms with E-state index in [0.29, 0.717) is 11.7 Å². The molecule has 0 aromatic carbocycles. The van der Waals surface area contributed by atoms with Crippen LogP contribution in [0.1, 0.15) is 33.6 Å². The number of anilines is 1. The first kappa shape index (κ1) is 17.3. The van der Waals surface area contributed by atoms with Crippen molar-refractivity contribution in [3.8, 4) is 0 Å². The highest BCUT2D eigenvalue weighted by molar-refractivity contribution is 9.10. The van der Waals surface area contributed by atoms with Crippen LogP contribution in [0.2, 0.25) is 5.15 Å². The normalized spacial score (nSPS) is 19.0. The number of piperidine rings is 1. The number of rotatable bonds is 2. The molecule has 0 saturated carbocycles. The molecule has 2 heterocycles. The van der Waals surface area contributed by atoms with Gasteiger partial charge in [0.2, 0.25) is 0 Å². The molecule has 0 bridgehead atoms. The van der Waals surface area contributed by atoms with Gasteiger partial charge >= 0.3 is 6.09 Å². The van der Waals surface area contributed by atoms with Gasteiger partial charge in [0, 0.05) is 29.8 Å². The minimum Gasteiger partial charge on any atom is -0.444 e. The molecule has 1 amide bonds. The van der Waals surface area contributed by atoms with Gasteiger partial charge in [-0.25, -0.2) is 9.78 Å². The quantitative estimate of drug-likeness (QED) is 0.765. The van der Waals surface area contributed by atoms with Crippen molar-refractivity contribution in [1.82, 2.24) is 9.88 Å². The summed E-state index contributed by atoms with van der Waals surface area (Å²) in [6.07, 6.45) is 3.29. The Morgan fingerprint density at radius 3 is 2.95 bits per heavy atom. The molecule has 1 N–H and O–H groups in total. The SMILES string of the molecule is CC(C)(C)OC(=O)N1CCCC(Nc2cc(Br)cnc2Cl)C1. The van der Waals surface area contributed by atoms with E-state index in [1.165, 1.54) is 0 Å². The van der Waals surface area contributed by atoms with Gasteiger partial charge in [-0.05, 0) is 55.6 Å². The first-order chi connectivity index (χ1) is 10.2. The van der Waals surface area contributed by atoms with E-state index in [4.69, 9.17) is 16.3 Å². The van der Waals surface area contributed by atoms with Gasteiger partial charge in [-0.1, -0.05) is 11.6 Å². The number of carbonyl (C=O) groups is 1. The van der Waals surface area contributed by atoms with E-state index in [9.17, 15) is 4.79 Å². The number of amides is 1. The third kappa shape index (κ3) is 5.02. The Morgan fingerprint density at radius 1 is 1.55 bits per heavy atom. The van der Waals surface area contributed by atoms with Gasteiger partial charge < -0.3 is 15.0 Å². The fourth-order valence-corrected chi connectivity index (χ4v) is 2.82. The maximum Gasteiger partial charge on any atom is 0.410 e. The van der Waals surface area contributed by atoms with Crippen molar-refractivity contribution < 1.29 is 9.53 Å². The first-order valence-corrected chi connectivity index (χ1v) is 8.47. The maximum absolute atomic E-state index is 12.2. The van der Waals surface area contributed by atoms with Crippen LogP contribution in [-0.2, 0) is 4.74 Å². The zero-order valence-electron chi connectivity index (χ0n) is 13.0. The molecular formula is C15H21BrClN3O2. The lowest BCUT2D eigenvalue weighted by Crippen LogP contribution is -2.47. The molecule has 1 aliphatic rings. The predicted molar refractivity (Wildman–Crippen MR) is 91.4 cm³/mol. The van der Waals surface area contributed by atoms with Gasteiger partial charge in [-0.2, -0.15) is 0 Å². The smallest absolute Gasteiger partial charge is 0.410 e. The predicted octanol–water partition coefficient (Wildman–Crippen LogP) is 4.31. The van der Waals surface area contributed by atoms with Crippen molar-refractivity contribution in [2.45, 2.75) is 45.3 Å². The average molecular weight is 391 g/mol. The Labute approximate surface area is 144 Å². The largest absolute Gasteiger partial charge is 0.444 e. The molecule has 5 nitrogen and oxygen atoms in total. The zero-order chi connectivity index (χ0) is 16.3. The van der Waals surface area contributed by atoms with Crippen LogP contribution in [0.15, 0.2) is 16.7 Å². The number of pyridine rings is 1. The van der Waals surface area contributed by atoms with Gasteiger partial charge in [0.1, 0.15) is 5.60 Å². The summed E-state index contributed by atoms with van der Waals surface area (Å²) in [5.74, 6) is 0. The minimum absolute atomic E-state index is 0.134. The maximum atomic E-state index is 12.2. The second-order valence-electron chi connectivity index (χ2n) is 6.40. The molecule has 1 aromatic rings. The van der Waals surface area contributed by atoms with Crippen LogP contribution in [-0.4, -0.2) is 40.7 Å². The van der Waals surface area contributed by atoms with E-state index < -0.39 is 5.60 Å². The number of ether oxygens (including phenoxy) is 1. The number of carbonyl (C=O) groups excluding carboxylic acids is 1. The first-order valence-electron chi connectivity index (χ1n) is 7.30. The molecule has 2 rings (SSSR count).